The fraction of sp³-hybridized carbons (Fsp3) is 0.375. The number of pyridine rings is 1. The van der Waals surface area contributed by atoms with E-state index in [9.17, 15) is 14.5 Å². The standard InChI is InChI=1S/C8H8BrFN2O2/c1-5-6(10)4-8(12(13)14)7(11-5)2-3-9/h4H,2-3H2,1H3. The van der Waals surface area contributed by atoms with Crippen LogP contribution in [0.4, 0.5) is 10.1 Å². The zero-order valence-corrected chi connectivity index (χ0v) is 9.04. The topological polar surface area (TPSA) is 56.0 Å². The Hall–Kier alpha value is -1.04. The van der Waals surface area contributed by atoms with Crippen molar-refractivity contribution in [2.75, 3.05) is 5.33 Å². The molecule has 0 aliphatic carbocycles. The van der Waals surface area contributed by atoms with Crippen molar-refractivity contribution in [1.29, 1.82) is 0 Å². The zero-order valence-electron chi connectivity index (χ0n) is 7.46. The number of hydrogen-bond donors (Lipinski definition) is 0. The lowest BCUT2D eigenvalue weighted by molar-refractivity contribution is -0.386. The molecule has 1 aromatic rings. The molecule has 14 heavy (non-hydrogen) atoms. The normalized spacial score (nSPS) is 10.2. The molecule has 0 radical (unpaired) electrons. The summed E-state index contributed by atoms with van der Waals surface area (Å²) in [4.78, 5) is 13.8. The molecular formula is C8H8BrFN2O2. The number of alkyl halides is 1. The van der Waals surface area contributed by atoms with Crippen molar-refractivity contribution in [3.63, 3.8) is 0 Å². The number of rotatable bonds is 3. The molecule has 0 saturated carbocycles. The highest BCUT2D eigenvalue weighted by atomic mass is 79.9. The SMILES string of the molecule is Cc1nc(CCBr)c([N+](=O)[O-])cc1F. The van der Waals surface area contributed by atoms with Gasteiger partial charge in [0.25, 0.3) is 5.69 Å². The zero-order chi connectivity index (χ0) is 10.7. The molecule has 0 aromatic carbocycles. The summed E-state index contributed by atoms with van der Waals surface area (Å²) in [6.45, 7) is 1.48. The number of halogens is 2. The Labute approximate surface area is 88.4 Å². The monoisotopic (exact) mass is 262 g/mol. The van der Waals surface area contributed by atoms with Gasteiger partial charge in [0, 0.05) is 11.8 Å². The molecule has 4 nitrogen and oxygen atoms in total. The Morgan fingerprint density at radius 3 is 2.86 bits per heavy atom. The maximum absolute atomic E-state index is 13.0. The van der Waals surface area contributed by atoms with Crippen LogP contribution in [-0.2, 0) is 6.42 Å². The van der Waals surface area contributed by atoms with Gasteiger partial charge in [-0.2, -0.15) is 0 Å². The summed E-state index contributed by atoms with van der Waals surface area (Å²) in [6, 6.07) is 0.917. The van der Waals surface area contributed by atoms with Crippen LogP contribution >= 0.6 is 15.9 Å². The van der Waals surface area contributed by atoms with Crippen LogP contribution in [0.2, 0.25) is 0 Å². The highest BCUT2D eigenvalue weighted by Gasteiger charge is 2.17. The van der Waals surface area contributed by atoms with Gasteiger partial charge in [-0.25, -0.2) is 9.37 Å². The van der Waals surface area contributed by atoms with Gasteiger partial charge in [-0.15, -0.1) is 0 Å². The Balaban J connectivity index is 3.24. The molecule has 6 heteroatoms. The minimum atomic E-state index is -0.643. The van der Waals surface area contributed by atoms with E-state index in [0.717, 1.165) is 6.07 Å². The van der Waals surface area contributed by atoms with Gasteiger partial charge in [-0.3, -0.25) is 10.1 Å². The predicted octanol–water partition coefficient (Wildman–Crippen LogP) is 2.37. The highest BCUT2D eigenvalue weighted by molar-refractivity contribution is 9.09. The number of nitrogens with zero attached hydrogens (tertiary/aromatic N) is 2. The summed E-state index contributed by atoms with van der Waals surface area (Å²) in [6.07, 6.45) is 0.414. The van der Waals surface area contributed by atoms with E-state index in [0.29, 0.717) is 17.4 Å². The maximum atomic E-state index is 13.0. The average molecular weight is 263 g/mol. The third-order valence-corrected chi connectivity index (χ3v) is 2.13. The van der Waals surface area contributed by atoms with Gasteiger partial charge in [0.2, 0.25) is 0 Å². The quantitative estimate of drug-likeness (QED) is 0.478. The van der Waals surface area contributed by atoms with Crippen molar-refractivity contribution in [3.05, 3.63) is 33.4 Å². The van der Waals surface area contributed by atoms with Crippen LogP contribution in [-0.4, -0.2) is 15.2 Å². The van der Waals surface area contributed by atoms with E-state index in [2.05, 4.69) is 20.9 Å². The van der Waals surface area contributed by atoms with E-state index >= 15 is 0 Å². The van der Waals surface area contributed by atoms with Crippen molar-refractivity contribution in [2.24, 2.45) is 0 Å². The maximum Gasteiger partial charge on any atom is 0.293 e. The molecule has 76 valence electrons. The van der Waals surface area contributed by atoms with E-state index in [1.54, 1.807) is 0 Å². The van der Waals surface area contributed by atoms with Gasteiger partial charge in [-0.1, -0.05) is 15.9 Å². The molecule has 1 heterocycles. The van der Waals surface area contributed by atoms with E-state index in [-0.39, 0.29) is 11.4 Å². The van der Waals surface area contributed by atoms with Gasteiger partial charge in [0.05, 0.1) is 16.7 Å². The molecule has 0 bridgehead atoms. The Morgan fingerprint density at radius 2 is 2.36 bits per heavy atom. The molecule has 0 aliphatic rings. The fourth-order valence-corrected chi connectivity index (χ4v) is 1.43. The molecule has 1 aromatic heterocycles. The van der Waals surface area contributed by atoms with E-state index in [1.807, 2.05) is 0 Å². The molecule has 0 aliphatic heterocycles. The first-order valence-electron chi connectivity index (χ1n) is 3.92. The summed E-state index contributed by atoms with van der Waals surface area (Å²) < 4.78 is 13.0. The summed E-state index contributed by atoms with van der Waals surface area (Å²) >= 11 is 3.16. The Morgan fingerprint density at radius 1 is 1.71 bits per heavy atom. The van der Waals surface area contributed by atoms with Crippen LogP contribution in [0.25, 0.3) is 0 Å². The molecule has 0 atom stereocenters. The molecule has 0 fully saturated rings. The molecule has 0 saturated heterocycles. The van der Waals surface area contributed by atoms with Gasteiger partial charge in [0.15, 0.2) is 5.82 Å². The lowest BCUT2D eigenvalue weighted by Gasteiger charge is -2.02. The summed E-state index contributed by atoms with van der Waals surface area (Å²) in [7, 11) is 0. The average Bonchev–Trinajstić information content (AvgIpc) is 2.11. The minimum absolute atomic E-state index is 0.187. The molecule has 1 rings (SSSR count). The van der Waals surface area contributed by atoms with Gasteiger partial charge >= 0.3 is 0 Å². The van der Waals surface area contributed by atoms with Gasteiger partial charge < -0.3 is 0 Å². The fourth-order valence-electron chi connectivity index (χ4n) is 1.05. The molecular weight excluding hydrogens is 255 g/mol. The number of hydrogen-bond acceptors (Lipinski definition) is 3. The second kappa shape index (κ2) is 4.45. The smallest absolute Gasteiger partial charge is 0.258 e. The van der Waals surface area contributed by atoms with E-state index in [4.69, 9.17) is 0 Å². The number of aromatic nitrogens is 1. The first kappa shape index (κ1) is 11.0. The largest absolute Gasteiger partial charge is 0.293 e. The van der Waals surface area contributed by atoms with Crippen LogP contribution in [0.5, 0.6) is 0 Å². The third kappa shape index (κ3) is 2.25. The third-order valence-electron chi connectivity index (χ3n) is 1.74. The van der Waals surface area contributed by atoms with Crippen molar-refractivity contribution in [1.82, 2.24) is 4.98 Å². The van der Waals surface area contributed by atoms with Crippen molar-refractivity contribution >= 4 is 21.6 Å². The highest BCUT2D eigenvalue weighted by Crippen LogP contribution is 2.20. The lowest BCUT2D eigenvalue weighted by atomic mass is 10.2. The number of aryl methyl sites for hydroxylation is 2. The first-order valence-corrected chi connectivity index (χ1v) is 5.04. The van der Waals surface area contributed by atoms with Crippen molar-refractivity contribution in [2.45, 2.75) is 13.3 Å². The van der Waals surface area contributed by atoms with Crippen molar-refractivity contribution in [3.8, 4) is 0 Å². The van der Waals surface area contributed by atoms with Gasteiger partial charge in [-0.05, 0) is 6.92 Å². The molecule has 0 unspecified atom stereocenters. The second-order valence-corrected chi connectivity index (χ2v) is 3.51. The second-order valence-electron chi connectivity index (χ2n) is 2.72. The predicted molar refractivity (Wildman–Crippen MR) is 53.1 cm³/mol. The van der Waals surface area contributed by atoms with E-state index < -0.39 is 10.7 Å². The number of nitro groups is 1. The summed E-state index contributed by atoms with van der Waals surface area (Å²) in [5, 5.41) is 11.1. The minimum Gasteiger partial charge on any atom is -0.258 e. The summed E-state index contributed by atoms with van der Waals surface area (Å²) in [5.41, 5.74) is 0.241. The Bertz CT molecular complexity index is 371. The Kier molecular flexibility index (Phi) is 3.51. The van der Waals surface area contributed by atoms with Crippen LogP contribution in [0.3, 0.4) is 0 Å². The van der Waals surface area contributed by atoms with Crippen LogP contribution < -0.4 is 0 Å². The molecule has 0 spiro atoms. The van der Waals surface area contributed by atoms with Crippen molar-refractivity contribution < 1.29 is 9.31 Å². The van der Waals surface area contributed by atoms with Crippen LogP contribution in [0.15, 0.2) is 6.07 Å². The molecule has 0 amide bonds. The van der Waals surface area contributed by atoms with Crippen LogP contribution in [0, 0.1) is 22.9 Å². The van der Waals surface area contributed by atoms with E-state index in [1.165, 1.54) is 6.92 Å². The van der Waals surface area contributed by atoms with Crippen LogP contribution in [0.1, 0.15) is 11.4 Å². The molecule has 0 N–H and O–H groups in total. The lowest BCUT2D eigenvalue weighted by Crippen LogP contribution is -2.03. The summed E-state index contributed by atoms with van der Waals surface area (Å²) in [5.74, 6) is -0.643. The first-order chi connectivity index (χ1) is 6.56. The van der Waals surface area contributed by atoms with Gasteiger partial charge in [0.1, 0.15) is 5.69 Å².